The summed E-state index contributed by atoms with van der Waals surface area (Å²) in [5, 5.41) is 7.34. The van der Waals surface area contributed by atoms with Crippen molar-refractivity contribution in [2.24, 2.45) is 0 Å². The van der Waals surface area contributed by atoms with Gasteiger partial charge in [0.25, 0.3) is 5.91 Å². The number of fused-ring (bicyclic) bond motifs is 1. The molecule has 8 heteroatoms. The van der Waals surface area contributed by atoms with Crippen LogP contribution in [0.25, 0.3) is 11.3 Å². The number of H-pyrrole nitrogens is 1. The Morgan fingerprint density at radius 1 is 1.03 bits per heavy atom. The van der Waals surface area contributed by atoms with Crippen molar-refractivity contribution in [2.75, 3.05) is 18.6 Å². The SMILES string of the molecule is CCOC(=O)c1ccc(N2C(=O)c3[nH]nc(-c4ccc(OC)cc4)c3[C@@H]2c2ccc(F)cc2)cc1. The zero-order chi connectivity index (χ0) is 24.5. The lowest BCUT2D eigenvalue weighted by Crippen LogP contribution is -2.29. The van der Waals surface area contributed by atoms with Crippen LogP contribution in [-0.2, 0) is 4.74 Å². The summed E-state index contributed by atoms with van der Waals surface area (Å²) in [6.07, 6.45) is 0. The molecule has 176 valence electrons. The fraction of sp³-hybridized carbons (Fsp3) is 0.148. The zero-order valence-electron chi connectivity index (χ0n) is 19.1. The monoisotopic (exact) mass is 471 g/mol. The van der Waals surface area contributed by atoms with Gasteiger partial charge in [0.2, 0.25) is 0 Å². The molecule has 1 atom stereocenters. The van der Waals surface area contributed by atoms with Crippen LogP contribution in [0.4, 0.5) is 10.1 Å². The van der Waals surface area contributed by atoms with Gasteiger partial charge in [-0.25, -0.2) is 9.18 Å². The number of nitrogens with zero attached hydrogens (tertiary/aromatic N) is 2. The normalized spacial score (nSPS) is 14.7. The van der Waals surface area contributed by atoms with Gasteiger partial charge in [-0.3, -0.25) is 14.8 Å². The predicted molar refractivity (Wildman–Crippen MR) is 128 cm³/mol. The summed E-state index contributed by atoms with van der Waals surface area (Å²) in [6.45, 7) is 2.01. The standard InChI is InChI=1S/C27H22FN3O4/c1-3-35-27(33)18-6-12-20(13-7-18)31-25(17-4-10-19(28)11-5-17)22-23(29-30-24(22)26(31)32)16-8-14-21(34-2)15-9-16/h4-15,25H,3H2,1-2H3,(H,29,30)/t25-/m0/s1. The second-order valence-corrected chi connectivity index (χ2v) is 7.99. The van der Waals surface area contributed by atoms with Crippen LogP contribution in [0.2, 0.25) is 0 Å². The van der Waals surface area contributed by atoms with Gasteiger partial charge in [0.05, 0.1) is 31.0 Å². The molecule has 1 N–H and O–H groups in total. The summed E-state index contributed by atoms with van der Waals surface area (Å²) in [4.78, 5) is 27.3. The van der Waals surface area contributed by atoms with E-state index in [1.165, 1.54) is 12.1 Å². The van der Waals surface area contributed by atoms with Crippen molar-refractivity contribution < 1.29 is 23.5 Å². The van der Waals surface area contributed by atoms with Crippen molar-refractivity contribution in [3.05, 3.63) is 101 Å². The summed E-state index contributed by atoms with van der Waals surface area (Å²) in [5.41, 5.74) is 4.19. The molecule has 0 fully saturated rings. The average Bonchev–Trinajstić information content (AvgIpc) is 3.44. The number of carbonyl (C=O) groups excluding carboxylic acids is 2. The van der Waals surface area contributed by atoms with E-state index in [-0.39, 0.29) is 18.3 Å². The summed E-state index contributed by atoms with van der Waals surface area (Å²) >= 11 is 0. The molecule has 0 saturated carbocycles. The van der Waals surface area contributed by atoms with Crippen LogP contribution in [0.15, 0.2) is 72.8 Å². The van der Waals surface area contributed by atoms with Crippen LogP contribution in [0.1, 0.15) is 44.9 Å². The molecule has 1 aliphatic rings. The number of methoxy groups -OCH3 is 1. The molecule has 4 aromatic rings. The second-order valence-electron chi connectivity index (χ2n) is 7.99. The van der Waals surface area contributed by atoms with Crippen molar-refractivity contribution >= 4 is 17.6 Å². The number of amides is 1. The maximum absolute atomic E-state index is 13.8. The highest BCUT2D eigenvalue weighted by molar-refractivity contribution is 6.12. The summed E-state index contributed by atoms with van der Waals surface area (Å²) in [7, 11) is 1.59. The molecule has 1 aromatic heterocycles. The molecule has 0 radical (unpaired) electrons. The first-order valence-electron chi connectivity index (χ1n) is 11.1. The average molecular weight is 471 g/mol. The van der Waals surface area contributed by atoms with E-state index in [4.69, 9.17) is 9.47 Å². The summed E-state index contributed by atoms with van der Waals surface area (Å²) in [5.74, 6) is -0.370. The lowest BCUT2D eigenvalue weighted by atomic mass is 9.95. The fourth-order valence-corrected chi connectivity index (χ4v) is 4.32. The highest BCUT2D eigenvalue weighted by Crippen LogP contribution is 2.45. The Balaban J connectivity index is 1.62. The third-order valence-electron chi connectivity index (χ3n) is 5.97. The van der Waals surface area contributed by atoms with Crippen LogP contribution < -0.4 is 9.64 Å². The molecule has 5 rings (SSSR count). The molecule has 1 aliphatic heterocycles. The Morgan fingerprint density at radius 3 is 2.34 bits per heavy atom. The van der Waals surface area contributed by atoms with Gasteiger partial charge >= 0.3 is 5.97 Å². The molecular weight excluding hydrogens is 449 g/mol. The Hall–Kier alpha value is -4.46. The first-order chi connectivity index (χ1) is 17.0. The van der Waals surface area contributed by atoms with Crippen molar-refractivity contribution in [1.29, 1.82) is 0 Å². The molecule has 7 nitrogen and oxygen atoms in total. The molecular formula is C27H22FN3O4. The molecule has 0 aliphatic carbocycles. The van der Waals surface area contributed by atoms with E-state index in [1.807, 2.05) is 24.3 Å². The van der Waals surface area contributed by atoms with E-state index in [0.717, 1.165) is 11.1 Å². The Morgan fingerprint density at radius 2 is 1.71 bits per heavy atom. The van der Waals surface area contributed by atoms with Gasteiger partial charge in [0.1, 0.15) is 17.3 Å². The lowest BCUT2D eigenvalue weighted by molar-refractivity contribution is 0.0526. The summed E-state index contributed by atoms with van der Waals surface area (Å²) in [6, 6.07) is 19.5. The molecule has 1 amide bonds. The Kier molecular flexibility index (Phi) is 5.78. The highest BCUT2D eigenvalue weighted by atomic mass is 19.1. The zero-order valence-corrected chi connectivity index (χ0v) is 19.1. The van der Waals surface area contributed by atoms with E-state index in [1.54, 1.807) is 55.3 Å². The smallest absolute Gasteiger partial charge is 0.338 e. The predicted octanol–water partition coefficient (Wildman–Crippen LogP) is 5.15. The molecule has 3 aromatic carbocycles. The number of anilines is 1. The van der Waals surface area contributed by atoms with Gasteiger partial charge in [-0.1, -0.05) is 12.1 Å². The number of nitrogens with one attached hydrogen (secondary N) is 1. The van der Waals surface area contributed by atoms with E-state index in [9.17, 15) is 14.0 Å². The van der Waals surface area contributed by atoms with Crippen LogP contribution in [0, 0.1) is 5.82 Å². The number of hydrogen-bond donors (Lipinski definition) is 1. The van der Waals surface area contributed by atoms with Crippen LogP contribution in [0.5, 0.6) is 5.75 Å². The topological polar surface area (TPSA) is 84.5 Å². The fourth-order valence-electron chi connectivity index (χ4n) is 4.32. The van der Waals surface area contributed by atoms with E-state index < -0.39 is 12.0 Å². The number of esters is 1. The minimum absolute atomic E-state index is 0.271. The van der Waals surface area contributed by atoms with Gasteiger partial charge in [-0.05, 0) is 73.2 Å². The van der Waals surface area contributed by atoms with Crippen LogP contribution >= 0.6 is 0 Å². The quantitative estimate of drug-likeness (QED) is 0.393. The molecule has 2 heterocycles. The molecule has 0 unspecified atom stereocenters. The third kappa shape index (κ3) is 3.93. The molecule has 0 bridgehead atoms. The molecule has 0 saturated heterocycles. The van der Waals surface area contributed by atoms with Crippen molar-refractivity contribution in [3.63, 3.8) is 0 Å². The summed E-state index contributed by atoms with van der Waals surface area (Å²) < 4.78 is 24.1. The van der Waals surface area contributed by atoms with E-state index in [0.29, 0.717) is 34.0 Å². The molecule has 35 heavy (non-hydrogen) atoms. The maximum Gasteiger partial charge on any atom is 0.338 e. The molecule has 0 spiro atoms. The van der Waals surface area contributed by atoms with Crippen molar-refractivity contribution in [3.8, 4) is 17.0 Å². The number of halogens is 1. The first kappa shape index (κ1) is 22.3. The van der Waals surface area contributed by atoms with Gasteiger partial charge < -0.3 is 9.47 Å². The van der Waals surface area contributed by atoms with Crippen molar-refractivity contribution in [2.45, 2.75) is 13.0 Å². The number of aromatic amines is 1. The van der Waals surface area contributed by atoms with Crippen LogP contribution in [0.3, 0.4) is 0 Å². The highest BCUT2D eigenvalue weighted by Gasteiger charge is 2.43. The van der Waals surface area contributed by atoms with Gasteiger partial charge in [-0.15, -0.1) is 0 Å². The van der Waals surface area contributed by atoms with Gasteiger partial charge in [0.15, 0.2) is 0 Å². The first-order valence-corrected chi connectivity index (χ1v) is 11.1. The minimum Gasteiger partial charge on any atom is -0.497 e. The lowest BCUT2D eigenvalue weighted by Gasteiger charge is -2.26. The Bertz CT molecular complexity index is 1380. The second kappa shape index (κ2) is 9.06. The van der Waals surface area contributed by atoms with Crippen LogP contribution in [-0.4, -0.2) is 35.8 Å². The number of benzene rings is 3. The largest absolute Gasteiger partial charge is 0.497 e. The van der Waals surface area contributed by atoms with Gasteiger partial charge in [-0.2, -0.15) is 5.10 Å². The van der Waals surface area contributed by atoms with Crippen molar-refractivity contribution in [1.82, 2.24) is 10.2 Å². The van der Waals surface area contributed by atoms with Gasteiger partial charge in [0, 0.05) is 16.8 Å². The number of aromatic nitrogens is 2. The number of hydrogen-bond acceptors (Lipinski definition) is 5. The minimum atomic E-state index is -0.553. The van der Waals surface area contributed by atoms with E-state index >= 15 is 0 Å². The number of carbonyl (C=O) groups is 2. The third-order valence-corrected chi connectivity index (χ3v) is 5.97. The Labute approximate surface area is 201 Å². The number of ether oxygens (including phenoxy) is 2. The van der Waals surface area contributed by atoms with E-state index in [2.05, 4.69) is 10.2 Å². The maximum atomic E-state index is 13.8. The number of rotatable bonds is 6.